The summed E-state index contributed by atoms with van der Waals surface area (Å²) in [7, 11) is 0. The molecular weight excluding hydrogens is 411 g/mol. The van der Waals surface area contributed by atoms with E-state index < -0.39 is 4.92 Å². The zero-order valence-corrected chi connectivity index (χ0v) is 16.9. The van der Waals surface area contributed by atoms with Gasteiger partial charge >= 0.3 is 0 Å². The summed E-state index contributed by atoms with van der Waals surface area (Å²) < 4.78 is 0. The van der Waals surface area contributed by atoms with E-state index in [1.165, 1.54) is 12.1 Å². The number of nitro groups is 1. The Morgan fingerprint density at radius 1 is 0.966 bits per heavy atom. The molecule has 3 aromatic carbocycles. The third kappa shape index (κ3) is 5.56. The van der Waals surface area contributed by atoms with Crippen LogP contribution in [-0.2, 0) is 13.0 Å². The zero-order chi connectivity index (χ0) is 20.8. The highest BCUT2D eigenvalue weighted by atomic mass is 35.5. The van der Waals surface area contributed by atoms with Crippen LogP contribution >= 0.6 is 23.2 Å². The van der Waals surface area contributed by atoms with Gasteiger partial charge in [0.15, 0.2) is 0 Å². The summed E-state index contributed by atoms with van der Waals surface area (Å²) >= 11 is 12.2. The van der Waals surface area contributed by atoms with Crippen LogP contribution in [0.25, 0.3) is 0 Å². The summed E-state index contributed by atoms with van der Waals surface area (Å²) in [6.45, 7) is 0.767. The van der Waals surface area contributed by atoms with Crippen molar-refractivity contribution in [1.82, 2.24) is 4.90 Å². The normalized spacial score (nSPS) is 10.6. The highest BCUT2D eigenvalue weighted by molar-refractivity contribution is 6.35. The molecule has 0 saturated carbocycles. The molecule has 3 rings (SSSR count). The second kappa shape index (κ2) is 9.54. The van der Waals surface area contributed by atoms with Crippen molar-refractivity contribution in [3.63, 3.8) is 0 Å². The molecule has 0 heterocycles. The van der Waals surface area contributed by atoms with Gasteiger partial charge in [-0.25, -0.2) is 0 Å². The van der Waals surface area contributed by atoms with Crippen molar-refractivity contribution in [3.8, 4) is 0 Å². The predicted octanol–water partition coefficient (Wildman–Crippen LogP) is 5.79. The second-order valence-electron chi connectivity index (χ2n) is 6.50. The van der Waals surface area contributed by atoms with Crippen LogP contribution in [0.5, 0.6) is 0 Å². The number of benzene rings is 3. The van der Waals surface area contributed by atoms with Gasteiger partial charge in [-0.3, -0.25) is 14.9 Å². The lowest BCUT2D eigenvalue weighted by molar-refractivity contribution is -0.384. The van der Waals surface area contributed by atoms with Gasteiger partial charge < -0.3 is 4.90 Å². The number of carbonyl (C=O) groups excluding carboxylic acids is 1. The molecule has 3 aromatic rings. The molecule has 0 aromatic heterocycles. The molecule has 1 amide bonds. The molecule has 5 nitrogen and oxygen atoms in total. The Kier molecular flexibility index (Phi) is 6.86. The van der Waals surface area contributed by atoms with Crippen molar-refractivity contribution >= 4 is 34.8 Å². The zero-order valence-electron chi connectivity index (χ0n) is 15.4. The quantitative estimate of drug-likeness (QED) is 0.353. The first-order valence-corrected chi connectivity index (χ1v) is 9.71. The number of hydrogen-bond donors (Lipinski definition) is 0. The number of non-ortho nitro benzene ring substituents is 1. The molecule has 0 aliphatic carbocycles. The van der Waals surface area contributed by atoms with Gasteiger partial charge in [-0.2, -0.15) is 0 Å². The van der Waals surface area contributed by atoms with E-state index in [-0.39, 0.29) is 11.6 Å². The molecule has 0 aliphatic heterocycles. The Bertz CT molecular complexity index is 1010. The summed E-state index contributed by atoms with van der Waals surface area (Å²) in [5, 5.41) is 12.0. The predicted molar refractivity (Wildman–Crippen MR) is 114 cm³/mol. The minimum absolute atomic E-state index is 0.0163. The average Bonchev–Trinajstić information content (AvgIpc) is 2.72. The maximum Gasteiger partial charge on any atom is 0.269 e. The smallest absolute Gasteiger partial charge is 0.269 e. The number of halogens is 2. The van der Waals surface area contributed by atoms with Crippen LogP contribution in [-0.4, -0.2) is 22.3 Å². The molecule has 0 radical (unpaired) electrons. The van der Waals surface area contributed by atoms with Crippen molar-refractivity contribution in [1.29, 1.82) is 0 Å². The summed E-state index contributed by atoms with van der Waals surface area (Å²) in [6, 6.07) is 20.5. The van der Waals surface area contributed by atoms with E-state index in [0.29, 0.717) is 35.1 Å². The molecule has 0 unspecified atom stereocenters. The Balaban J connectivity index is 1.80. The van der Waals surface area contributed by atoms with Gasteiger partial charge in [0.1, 0.15) is 0 Å². The Morgan fingerprint density at radius 3 is 2.28 bits per heavy atom. The summed E-state index contributed by atoms with van der Waals surface area (Å²) in [6.07, 6.45) is 0.557. The largest absolute Gasteiger partial charge is 0.334 e. The number of rotatable bonds is 7. The fourth-order valence-corrected chi connectivity index (χ4v) is 3.44. The monoisotopic (exact) mass is 428 g/mol. The number of nitrogens with zero attached hydrogens (tertiary/aromatic N) is 2. The molecule has 0 bridgehead atoms. The van der Waals surface area contributed by atoms with Gasteiger partial charge in [-0.15, -0.1) is 0 Å². The van der Waals surface area contributed by atoms with Gasteiger partial charge in [-0.1, -0.05) is 59.6 Å². The third-order valence-corrected chi connectivity index (χ3v) is 5.08. The summed E-state index contributed by atoms with van der Waals surface area (Å²) in [5.41, 5.74) is 2.30. The van der Waals surface area contributed by atoms with Crippen molar-refractivity contribution in [2.45, 2.75) is 13.0 Å². The maximum atomic E-state index is 13.0. The molecule has 0 aliphatic rings. The summed E-state index contributed by atoms with van der Waals surface area (Å²) in [5.74, 6) is -0.117. The first kappa shape index (κ1) is 20.8. The fraction of sp³-hybridized carbons (Fsp3) is 0.136. The highest BCUT2D eigenvalue weighted by Gasteiger charge is 2.17. The molecule has 0 N–H and O–H groups in total. The van der Waals surface area contributed by atoms with E-state index >= 15 is 0 Å². The molecule has 0 atom stereocenters. The van der Waals surface area contributed by atoms with Crippen LogP contribution in [0.15, 0.2) is 72.8 Å². The van der Waals surface area contributed by atoms with Crippen molar-refractivity contribution in [3.05, 3.63) is 110 Å². The van der Waals surface area contributed by atoms with Crippen molar-refractivity contribution in [2.24, 2.45) is 0 Å². The van der Waals surface area contributed by atoms with Crippen LogP contribution in [0.2, 0.25) is 10.0 Å². The molecule has 148 valence electrons. The van der Waals surface area contributed by atoms with E-state index in [1.54, 1.807) is 41.3 Å². The number of nitro benzene ring substituents is 1. The Hall–Kier alpha value is -2.89. The van der Waals surface area contributed by atoms with E-state index in [4.69, 9.17) is 23.2 Å². The standard InChI is InChI=1S/C22H18Cl2N2O3/c23-19-9-8-17(21(24)14-19)12-13-25(22(27)18-4-2-1-3-5-18)15-16-6-10-20(11-7-16)26(28)29/h1-11,14H,12-13,15H2. The van der Waals surface area contributed by atoms with Crippen LogP contribution < -0.4 is 0 Å². The van der Waals surface area contributed by atoms with E-state index in [9.17, 15) is 14.9 Å². The maximum absolute atomic E-state index is 13.0. The molecule has 7 heteroatoms. The number of carbonyl (C=O) groups is 1. The lowest BCUT2D eigenvalue weighted by Crippen LogP contribution is -2.32. The van der Waals surface area contributed by atoms with Gasteiger partial charge in [0.25, 0.3) is 11.6 Å². The van der Waals surface area contributed by atoms with Crippen LogP contribution in [0, 0.1) is 10.1 Å². The van der Waals surface area contributed by atoms with E-state index in [0.717, 1.165) is 11.1 Å². The molecule has 29 heavy (non-hydrogen) atoms. The first-order valence-electron chi connectivity index (χ1n) is 8.95. The van der Waals surface area contributed by atoms with Gasteiger partial charge in [0.05, 0.1) is 4.92 Å². The van der Waals surface area contributed by atoms with Crippen molar-refractivity contribution < 1.29 is 9.72 Å². The highest BCUT2D eigenvalue weighted by Crippen LogP contribution is 2.22. The van der Waals surface area contributed by atoms with E-state index in [2.05, 4.69) is 0 Å². The van der Waals surface area contributed by atoms with E-state index in [1.807, 2.05) is 24.3 Å². The third-order valence-electron chi connectivity index (χ3n) is 4.49. The molecule has 0 saturated heterocycles. The molecule has 0 fully saturated rings. The van der Waals surface area contributed by atoms with Gasteiger partial charge in [0, 0.05) is 40.8 Å². The molecular formula is C22H18Cl2N2O3. The second-order valence-corrected chi connectivity index (χ2v) is 7.35. The Labute approximate surface area is 178 Å². The van der Waals surface area contributed by atoms with Gasteiger partial charge in [0.2, 0.25) is 0 Å². The summed E-state index contributed by atoms with van der Waals surface area (Å²) in [4.78, 5) is 25.2. The lowest BCUT2D eigenvalue weighted by atomic mass is 10.1. The average molecular weight is 429 g/mol. The lowest BCUT2D eigenvalue weighted by Gasteiger charge is -2.23. The van der Waals surface area contributed by atoms with Crippen LogP contribution in [0.1, 0.15) is 21.5 Å². The van der Waals surface area contributed by atoms with Crippen LogP contribution in [0.3, 0.4) is 0 Å². The van der Waals surface area contributed by atoms with Crippen LogP contribution in [0.4, 0.5) is 5.69 Å². The van der Waals surface area contributed by atoms with Crippen molar-refractivity contribution in [2.75, 3.05) is 6.54 Å². The molecule has 0 spiro atoms. The number of hydrogen-bond acceptors (Lipinski definition) is 3. The Morgan fingerprint density at radius 2 is 1.66 bits per heavy atom. The SMILES string of the molecule is O=C(c1ccccc1)N(CCc1ccc(Cl)cc1Cl)Cc1ccc([N+](=O)[O-])cc1. The minimum Gasteiger partial charge on any atom is -0.334 e. The number of amides is 1. The topological polar surface area (TPSA) is 63.5 Å². The van der Waals surface area contributed by atoms with Gasteiger partial charge in [-0.05, 0) is 41.8 Å². The minimum atomic E-state index is -0.445. The fourth-order valence-electron chi connectivity index (χ4n) is 2.94. The first-order chi connectivity index (χ1) is 13.9.